The third-order valence-corrected chi connectivity index (χ3v) is 3.14. The molecular formula is C18H24N2O2. The Bertz CT molecular complexity index is 601. The summed E-state index contributed by atoms with van der Waals surface area (Å²) in [6.07, 6.45) is 6.55. The minimum Gasteiger partial charge on any atom is -0.492 e. The molecule has 2 N–H and O–H groups in total. The Morgan fingerprint density at radius 3 is 2.64 bits per heavy atom. The van der Waals surface area contributed by atoms with Crippen LogP contribution < -0.4 is 10.1 Å². The Kier molecular flexibility index (Phi) is 7.09. The average Bonchev–Trinajstić information content (AvgIpc) is 2.48. The fraction of sp³-hybridized carbons (Fsp3) is 0.333. The summed E-state index contributed by atoms with van der Waals surface area (Å²) in [4.78, 5) is 11.7. The molecule has 0 saturated carbocycles. The number of carbonyl (C=O) groups is 1. The molecule has 1 aromatic carbocycles. The first-order chi connectivity index (χ1) is 10.5. The minimum atomic E-state index is -0.0293. The van der Waals surface area contributed by atoms with Gasteiger partial charge in [0.25, 0.3) is 0 Å². The van der Waals surface area contributed by atoms with E-state index < -0.39 is 0 Å². The van der Waals surface area contributed by atoms with Crippen molar-refractivity contribution in [2.24, 2.45) is 0 Å². The molecule has 0 saturated heterocycles. The molecule has 4 nitrogen and oxygen atoms in total. The van der Waals surface area contributed by atoms with Gasteiger partial charge in [-0.3, -0.25) is 4.79 Å². The molecule has 0 aromatic heterocycles. The Labute approximate surface area is 132 Å². The van der Waals surface area contributed by atoms with Crippen LogP contribution in [0.2, 0.25) is 0 Å². The van der Waals surface area contributed by atoms with E-state index in [2.05, 4.69) is 5.32 Å². The van der Waals surface area contributed by atoms with Crippen molar-refractivity contribution >= 4 is 17.1 Å². The summed E-state index contributed by atoms with van der Waals surface area (Å²) in [6.45, 7) is 5.74. The molecule has 0 aliphatic carbocycles. The van der Waals surface area contributed by atoms with Crippen molar-refractivity contribution in [3.8, 4) is 5.75 Å². The van der Waals surface area contributed by atoms with Crippen LogP contribution in [0.15, 0.2) is 36.6 Å². The van der Waals surface area contributed by atoms with E-state index in [1.54, 1.807) is 26.2 Å². The van der Waals surface area contributed by atoms with E-state index in [-0.39, 0.29) is 5.78 Å². The van der Waals surface area contributed by atoms with Crippen molar-refractivity contribution in [1.82, 2.24) is 5.32 Å². The molecule has 1 rings (SSSR count). The van der Waals surface area contributed by atoms with Crippen LogP contribution in [0.3, 0.4) is 0 Å². The number of carbonyl (C=O) groups excluding carboxylic acids is 1. The Morgan fingerprint density at radius 2 is 2.09 bits per heavy atom. The highest BCUT2D eigenvalue weighted by Crippen LogP contribution is 2.26. The van der Waals surface area contributed by atoms with Crippen LogP contribution in [0.1, 0.15) is 43.1 Å². The van der Waals surface area contributed by atoms with E-state index in [9.17, 15) is 4.79 Å². The predicted octanol–water partition coefficient (Wildman–Crippen LogP) is 3.83. The molecule has 0 fully saturated rings. The van der Waals surface area contributed by atoms with Gasteiger partial charge in [0.15, 0.2) is 5.78 Å². The van der Waals surface area contributed by atoms with Crippen molar-refractivity contribution in [2.45, 2.75) is 27.2 Å². The second-order valence-corrected chi connectivity index (χ2v) is 4.94. The molecule has 118 valence electrons. The van der Waals surface area contributed by atoms with Gasteiger partial charge in [0.2, 0.25) is 0 Å². The zero-order valence-corrected chi connectivity index (χ0v) is 13.7. The number of hydrogen-bond acceptors (Lipinski definition) is 4. The average molecular weight is 300 g/mol. The lowest BCUT2D eigenvalue weighted by molar-refractivity contribution is 0.101. The second kappa shape index (κ2) is 8.82. The van der Waals surface area contributed by atoms with Crippen LogP contribution in [0.25, 0.3) is 5.57 Å². The van der Waals surface area contributed by atoms with Crippen LogP contribution in [0.4, 0.5) is 0 Å². The number of nitrogens with one attached hydrogen (secondary N) is 2. The van der Waals surface area contributed by atoms with Gasteiger partial charge in [0.1, 0.15) is 5.75 Å². The standard InChI is InChI=1S/C18H24N2O2/c1-5-6-7-10-22-18-11-15(8-9-16(18)14(3)21)17(12-20-4)13(2)19/h5-6,8-9,11-12,19-20H,7,10H2,1-4H3/b6-5-,17-12+,19-13?. The molecule has 0 aliphatic heterocycles. The Hall–Kier alpha value is -2.36. The van der Waals surface area contributed by atoms with Gasteiger partial charge in [0, 0.05) is 24.5 Å². The summed E-state index contributed by atoms with van der Waals surface area (Å²) < 4.78 is 5.76. The van der Waals surface area contributed by atoms with E-state index in [0.29, 0.717) is 23.6 Å². The molecule has 22 heavy (non-hydrogen) atoms. The summed E-state index contributed by atoms with van der Waals surface area (Å²) >= 11 is 0. The smallest absolute Gasteiger partial charge is 0.163 e. The third-order valence-electron chi connectivity index (χ3n) is 3.14. The molecule has 0 spiro atoms. The fourth-order valence-corrected chi connectivity index (χ4v) is 2.06. The van der Waals surface area contributed by atoms with Gasteiger partial charge < -0.3 is 15.5 Å². The number of Topliss-reactive ketones (excluding diaryl/α,β-unsaturated/α-hetero) is 1. The van der Waals surface area contributed by atoms with Gasteiger partial charge in [0.05, 0.1) is 12.2 Å². The van der Waals surface area contributed by atoms with Crippen molar-refractivity contribution < 1.29 is 9.53 Å². The predicted molar refractivity (Wildman–Crippen MR) is 91.8 cm³/mol. The largest absolute Gasteiger partial charge is 0.492 e. The zero-order valence-electron chi connectivity index (χ0n) is 13.7. The van der Waals surface area contributed by atoms with Gasteiger partial charge in [-0.2, -0.15) is 0 Å². The summed E-state index contributed by atoms with van der Waals surface area (Å²) in [5.74, 6) is 0.538. The summed E-state index contributed by atoms with van der Waals surface area (Å²) in [7, 11) is 1.79. The summed E-state index contributed by atoms with van der Waals surface area (Å²) in [5, 5.41) is 10.8. The van der Waals surface area contributed by atoms with E-state index in [1.165, 1.54) is 6.92 Å². The fourth-order valence-electron chi connectivity index (χ4n) is 2.06. The maximum Gasteiger partial charge on any atom is 0.163 e. The molecule has 1 aromatic rings. The molecule has 4 heteroatoms. The first kappa shape index (κ1) is 17.7. The van der Waals surface area contributed by atoms with Gasteiger partial charge in [-0.05, 0) is 44.9 Å². The lowest BCUT2D eigenvalue weighted by Crippen LogP contribution is -2.06. The van der Waals surface area contributed by atoms with Gasteiger partial charge in [-0.1, -0.05) is 18.2 Å². The van der Waals surface area contributed by atoms with Crippen molar-refractivity contribution in [1.29, 1.82) is 5.41 Å². The van der Waals surface area contributed by atoms with Crippen LogP contribution in [0, 0.1) is 5.41 Å². The number of rotatable bonds is 8. The van der Waals surface area contributed by atoms with Gasteiger partial charge in [-0.25, -0.2) is 0 Å². The molecule has 0 amide bonds. The molecule has 0 unspecified atom stereocenters. The minimum absolute atomic E-state index is 0.0293. The Morgan fingerprint density at radius 1 is 1.36 bits per heavy atom. The van der Waals surface area contributed by atoms with Crippen LogP contribution in [-0.2, 0) is 0 Å². The third kappa shape index (κ3) is 4.88. The van der Waals surface area contributed by atoms with Gasteiger partial charge >= 0.3 is 0 Å². The number of allylic oxidation sites excluding steroid dienone is 2. The van der Waals surface area contributed by atoms with E-state index >= 15 is 0 Å². The highest BCUT2D eigenvalue weighted by molar-refractivity contribution is 6.21. The van der Waals surface area contributed by atoms with E-state index in [0.717, 1.165) is 17.6 Å². The Balaban J connectivity index is 3.15. The first-order valence-corrected chi connectivity index (χ1v) is 7.33. The molecule has 0 atom stereocenters. The normalized spacial score (nSPS) is 11.5. The lowest BCUT2D eigenvalue weighted by Gasteiger charge is -2.13. The van der Waals surface area contributed by atoms with Crippen LogP contribution in [-0.4, -0.2) is 25.1 Å². The monoisotopic (exact) mass is 300 g/mol. The molecule has 0 aliphatic rings. The lowest BCUT2D eigenvalue weighted by atomic mass is 9.99. The molecule has 0 heterocycles. The second-order valence-electron chi connectivity index (χ2n) is 4.94. The number of ether oxygens (including phenoxy) is 1. The zero-order chi connectivity index (χ0) is 16.5. The first-order valence-electron chi connectivity index (χ1n) is 7.33. The topological polar surface area (TPSA) is 62.2 Å². The SMILES string of the molecule is C/C=C\CCOc1cc(/C(=C/NC)C(C)=N)ccc1C(C)=O. The van der Waals surface area contributed by atoms with Crippen molar-refractivity contribution in [2.75, 3.05) is 13.7 Å². The number of ketones is 1. The maximum absolute atomic E-state index is 11.7. The number of hydrogen-bond donors (Lipinski definition) is 2. The molecule has 0 bridgehead atoms. The molecule has 0 radical (unpaired) electrons. The highest BCUT2D eigenvalue weighted by atomic mass is 16.5. The maximum atomic E-state index is 11.7. The number of benzene rings is 1. The van der Waals surface area contributed by atoms with Crippen LogP contribution in [0.5, 0.6) is 5.75 Å². The summed E-state index contributed by atoms with van der Waals surface area (Å²) in [6, 6.07) is 5.43. The van der Waals surface area contributed by atoms with Crippen LogP contribution >= 0.6 is 0 Å². The van der Waals surface area contributed by atoms with E-state index in [4.69, 9.17) is 10.1 Å². The summed E-state index contributed by atoms with van der Waals surface area (Å²) in [5.41, 5.74) is 2.64. The highest BCUT2D eigenvalue weighted by Gasteiger charge is 2.12. The molecular weight excluding hydrogens is 276 g/mol. The van der Waals surface area contributed by atoms with Crippen molar-refractivity contribution in [3.05, 3.63) is 47.7 Å². The quantitative estimate of drug-likeness (QED) is 0.332. The van der Waals surface area contributed by atoms with Crippen molar-refractivity contribution in [3.63, 3.8) is 0 Å². The van der Waals surface area contributed by atoms with Gasteiger partial charge in [-0.15, -0.1) is 0 Å². The van der Waals surface area contributed by atoms with E-state index in [1.807, 2.05) is 31.2 Å².